The number of unbranched alkanes of at least 4 members (excludes halogenated alkanes) is 2. The fraction of sp³-hybridized carbons (Fsp3) is 0.583. The zero-order valence-electron chi connectivity index (χ0n) is 9.00. The summed E-state index contributed by atoms with van der Waals surface area (Å²) >= 11 is 0. The molecule has 0 aliphatic rings. The van der Waals surface area contributed by atoms with Gasteiger partial charge in [0.2, 0.25) is 0 Å². The lowest BCUT2D eigenvalue weighted by atomic mass is 10.2. The van der Waals surface area contributed by atoms with E-state index in [-0.39, 0.29) is 0 Å². The molecule has 2 heteroatoms. The molecular weight excluding hydrogens is 176 g/mol. The summed E-state index contributed by atoms with van der Waals surface area (Å²) in [5, 5.41) is 0. The molecule has 0 fully saturated rings. The topological polar surface area (TPSA) is 26.3 Å². The third kappa shape index (κ3) is 7.74. The lowest BCUT2D eigenvalue weighted by molar-refractivity contribution is -0.105. The number of hydrogen-bond donors (Lipinski definition) is 0. The standard InChI is InChI=1S/C12H20O2/c1-3-5-6-9-14-10-8-12(11-13)7-4-2/h4,8,11H,2-3,5-7,9-10H2,1H3. The molecule has 0 unspecified atom stereocenters. The number of aldehydes is 1. The first-order valence-corrected chi connectivity index (χ1v) is 5.18. The molecule has 0 radical (unpaired) electrons. The van der Waals surface area contributed by atoms with E-state index < -0.39 is 0 Å². The molecule has 0 amide bonds. The van der Waals surface area contributed by atoms with Crippen LogP contribution in [0.3, 0.4) is 0 Å². The maximum atomic E-state index is 10.5. The molecule has 80 valence electrons. The summed E-state index contributed by atoms with van der Waals surface area (Å²) in [4.78, 5) is 10.5. The largest absolute Gasteiger partial charge is 0.377 e. The molecule has 0 spiro atoms. The van der Waals surface area contributed by atoms with Crippen LogP contribution in [-0.4, -0.2) is 19.5 Å². The van der Waals surface area contributed by atoms with Crippen LogP contribution >= 0.6 is 0 Å². The molecule has 0 heterocycles. The van der Waals surface area contributed by atoms with E-state index in [4.69, 9.17) is 4.74 Å². The van der Waals surface area contributed by atoms with Crippen LogP contribution in [0.2, 0.25) is 0 Å². The van der Waals surface area contributed by atoms with Crippen LogP contribution in [0.15, 0.2) is 24.3 Å². The molecule has 0 saturated carbocycles. The number of carbonyl (C=O) groups is 1. The Morgan fingerprint density at radius 3 is 2.79 bits per heavy atom. The summed E-state index contributed by atoms with van der Waals surface area (Å²) in [6.07, 6.45) is 8.53. The second-order valence-electron chi connectivity index (χ2n) is 3.17. The first kappa shape index (κ1) is 13.1. The van der Waals surface area contributed by atoms with E-state index in [0.717, 1.165) is 24.9 Å². The van der Waals surface area contributed by atoms with Crippen molar-refractivity contribution in [3.63, 3.8) is 0 Å². The van der Waals surface area contributed by atoms with Crippen molar-refractivity contribution in [3.8, 4) is 0 Å². The predicted octanol–water partition coefficient (Wildman–Crippen LogP) is 2.89. The van der Waals surface area contributed by atoms with E-state index in [1.807, 2.05) is 6.08 Å². The molecule has 0 bridgehead atoms. The Morgan fingerprint density at radius 2 is 2.21 bits per heavy atom. The third-order valence-corrected chi connectivity index (χ3v) is 1.89. The highest BCUT2D eigenvalue weighted by Gasteiger charge is 1.91. The number of carbonyl (C=O) groups excluding carboxylic acids is 1. The molecule has 0 saturated heterocycles. The highest BCUT2D eigenvalue weighted by atomic mass is 16.5. The van der Waals surface area contributed by atoms with Crippen molar-refractivity contribution in [2.24, 2.45) is 0 Å². The summed E-state index contributed by atoms with van der Waals surface area (Å²) in [5.41, 5.74) is 0.746. The Hall–Kier alpha value is -0.890. The Kier molecular flexibility index (Phi) is 9.54. The average molecular weight is 196 g/mol. The maximum Gasteiger partial charge on any atom is 0.146 e. The zero-order chi connectivity index (χ0) is 10.6. The van der Waals surface area contributed by atoms with Crippen LogP contribution < -0.4 is 0 Å². The van der Waals surface area contributed by atoms with E-state index in [2.05, 4.69) is 13.5 Å². The van der Waals surface area contributed by atoms with Gasteiger partial charge in [-0.05, 0) is 18.4 Å². The fourth-order valence-electron chi connectivity index (χ4n) is 1.05. The van der Waals surface area contributed by atoms with Crippen molar-refractivity contribution >= 4 is 6.29 Å². The third-order valence-electron chi connectivity index (χ3n) is 1.89. The van der Waals surface area contributed by atoms with Gasteiger partial charge in [0, 0.05) is 6.61 Å². The SMILES string of the molecule is C=CCC(C=O)=CCOCCCCC. The second-order valence-corrected chi connectivity index (χ2v) is 3.17. The van der Waals surface area contributed by atoms with Gasteiger partial charge >= 0.3 is 0 Å². The Balaban J connectivity index is 3.47. The lowest BCUT2D eigenvalue weighted by Crippen LogP contribution is -1.96. The van der Waals surface area contributed by atoms with Gasteiger partial charge in [-0.2, -0.15) is 0 Å². The minimum atomic E-state index is 0.533. The minimum absolute atomic E-state index is 0.533. The molecule has 0 atom stereocenters. The molecule has 0 aromatic carbocycles. The molecular formula is C12H20O2. The van der Waals surface area contributed by atoms with Gasteiger partial charge in [-0.15, -0.1) is 6.58 Å². The highest BCUT2D eigenvalue weighted by Crippen LogP contribution is 1.99. The van der Waals surface area contributed by atoms with Crippen molar-refractivity contribution in [3.05, 3.63) is 24.3 Å². The molecule has 0 aromatic heterocycles. The molecule has 0 N–H and O–H groups in total. The normalized spacial score (nSPS) is 11.4. The van der Waals surface area contributed by atoms with E-state index in [1.165, 1.54) is 12.8 Å². The summed E-state index contributed by atoms with van der Waals surface area (Å²) in [7, 11) is 0. The molecule has 0 aliphatic heterocycles. The van der Waals surface area contributed by atoms with E-state index in [1.54, 1.807) is 6.08 Å². The van der Waals surface area contributed by atoms with Crippen molar-refractivity contribution < 1.29 is 9.53 Å². The lowest BCUT2D eigenvalue weighted by Gasteiger charge is -2.00. The van der Waals surface area contributed by atoms with Crippen LogP contribution in [0.25, 0.3) is 0 Å². The number of rotatable bonds is 9. The van der Waals surface area contributed by atoms with Crippen LogP contribution in [0.5, 0.6) is 0 Å². The van der Waals surface area contributed by atoms with Gasteiger partial charge < -0.3 is 4.74 Å². The van der Waals surface area contributed by atoms with Crippen LogP contribution in [-0.2, 0) is 9.53 Å². The molecule has 2 nitrogen and oxygen atoms in total. The highest BCUT2D eigenvalue weighted by molar-refractivity contribution is 5.73. The number of allylic oxidation sites excluding steroid dienone is 2. The van der Waals surface area contributed by atoms with Gasteiger partial charge in [-0.1, -0.05) is 31.9 Å². The zero-order valence-corrected chi connectivity index (χ0v) is 9.00. The van der Waals surface area contributed by atoms with Crippen LogP contribution in [0, 0.1) is 0 Å². The van der Waals surface area contributed by atoms with Gasteiger partial charge in [-0.25, -0.2) is 0 Å². The van der Waals surface area contributed by atoms with Crippen LogP contribution in [0.1, 0.15) is 32.6 Å². The van der Waals surface area contributed by atoms with Crippen molar-refractivity contribution in [2.45, 2.75) is 32.6 Å². The summed E-state index contributed by atoms with van der Waals surface area (Å²) in [6.45, 7) is 7.05. The van der Waals surface area contributed by atoms with E-state index in [9.17, 15) is 4.79 Å². The number of hydrogen-bond acceptors (Lipinski definition) is 2. The maximum absolute atomic E-state index is 10.5. The Bertz CT molecular complexity index is 183. The van der Waals surface area contributed by atoms with Crippen molar-refractivity contribution in [1.29, 1.82) is 0 Å². The first-order chi connectivity index (χ1) is 6.85. The molecule has 14 heavy (non-hydrogen) atoms. The smallest absolute Gasteiger partial charge is 0.146 e. The molecule has 0 rings (SSSR count). The van der Waals surface area contributed by atoms with Crippen molar-refractivity contribution in [1.82, 2.24) is 0 Å². The number of ether oxygens (including phenoxy) is 1. The average Bonchev–Trinajstić information content (AvgIpc) is 2.21. The Morgan fingerprint density at radius 1 is 1.43 bits per heavy atom. The fourth-order valence-corrected chi connectivity index (χ4v) is 1.05. The summed E-state index contributed by atoms with van der Waals surface area (Å²) in [6, 6.07) is 0. The first-order valence-electron chi connectivity index (χ1n) is 5.18. The quantitative estimate of drug-likeness (QED) is 0.245. The predicted molar refractivity (Wildman–Crippen MR) is 59.3 cm³/mol. The summed E-state index contributed by atoms with van der Waals surface area (Å²) < 4.78 is 5.34. The van der Waals surface area contributed by atoms with Gasteiger partial charge in [0.05, 0.1) is 6.61 Å². The monoisotopic (exact) mass is 196 g/mol. The molecule has 0 aliphatic carbocycles. The Labute approximate surface area is 86.6 Å². The molecule has 0 aromatic rings. The van der Waals surface area contributed by atoms with Crippen molar-refractivity contribution in [2.75, 3.05) is 13.2 Å². The van der Waals surface area contributed by atoms with Gasteiger partial charge in [0.25, 0.3) is 0 Å². The van der Waals surface area contributed by atoms with Crippen LogP contribution in [0.4, 0.5) is 0 Å². The van der Waals surface area contributed by atoms with Gasteiger partial charge in [0.1, 0.15) is 6.29 Å². The van der Waals surface area contributed by atoms with Gasteiger partial charge in [-0.3, -0.25) is 4.79 Å². The summed E-state index contributed by atoms with van der Waals surface area (Å²) in [5.74, 6) is 0. The van der Waals surface area contributed by atoms with E-state index >= 15 is 0 Å². The minimum Gasteiger partial charge on any atom is -0.377 e. The van der Waals surface area contributed by atoms with E-state index in [0.29, 0.717) is 13.0 Å². The second kappa shape index (κ2) is 10.2. The van der Waals surface area contributed by atoms with Gasteiger partial charge in [0.15, 0.2) is 0 Å².